The number of hydrogen-bond acceptors (Lipinski definition) is 6. The predicted octanol–water partition coefficient (Wildman–Crippen LogP) is 1.22. The molecule has 0 aromatic heterocycles. The molecule has 0 aromatic carbocycles. The smallest absolute Gasteiger partial charge is 0.389 e. The van der Waals surface area contributed by atoms with Crippen LogP contribution in [0, 0.1) is 11.3 Å². The van der Waals surface area contributed by atoms with Crippen LogP contribution in [0.3, 0.4) is 0 Å². The SMILES string of the molecule is [B]COCCOP(=O)(OCC)OCCC#N. The van der Waals surface area contributed by atoms with Gasteiger partial charge >= 0.3 is 7.82 Å². The van der Waals surface area contributed by atoms with E-state index >= 15 is 0 Å². The number of phosphoric ester groups is 1. The molecule has 0 aromatic rings. The third-order valence-electron chi connectivity index (χ3n) is 1.35. The van der Waals surface area contributed by atoms with Crippen molar-refractivity contribution < 1.29 is 22.9 Å². The van der Waals surface area contributed by atoms with Crippen LogP contribution < -0.4 is 0 Å². The van der Waals surface area contributed by atoms with Crippen LogP contribution in [0.2, 0.25) is 0 Å². The van der Waals surface area contributed by atoms with Gasteiger partial charge in [-0.1, -0.05) is 0 Å². The fourth-order valence-corrected chi connectivity index (χ4v) is 1.92. The molecule has 0 aliphatic carbocycles. The summed E-state index contributed by atoms with van der Waals surface area (Å²) in [5.41, 5.74) is 0. The highest BCUT2D eigenvalue weighted by atomic mass is 31.2. The molecular formula is C8H15BNO5P. The first-order valence-corrected chi connectivity index (χ1v) is 6.33. The molecule has 0 rings (SSSR count). The van der Waals surface area contributed by atoms with Crippen LogP contribution in [-0.2, 0) is 22.9 Å². The van der Waals surface area contributed by atoms with Crippen LogP contribution in [0.5, 0.6) is 0 Å². The maximum atomic E-state index is 11.8. The Morgan fingerprint density at radius 2 is 1.94 bits per heavy atom. The van der Waals surface area contributed by atoms with E-state index in [4.69, 9.17) is 31.4 Å². The van der Waals surface area contributed by atoms with E-state index in [0.29, 0.717) is 0 Å². The van der Waals surface area contributed by atoms with Crippen molar-refractivity contribution in [1.82, 2.24) is 0 Å². The Bertz CT molecular complexity index is 257. The van der Waals surface area contributed by atoms with E-state index in [-0.39, 0.29) is 39.4 Å². The molecule has 0 N–H and O–H groups in total. The molecule has 16 heavy (non-hydrogen) atoms. The van der Waals surface area contributed by atoms with E-state index in [1.54, 1.807) is 6.92 Å². The van der Waals surface area contributed by atoms with Gasteiger partial charge in [-0.05, 0) is 6.92 Å². The number of nitriles is 1. The highest BCUT2D eigenvalue weighted by Gasteiger charge is 2.25. The van der Waals surface area contributed by atoms with Crippen LogP contribution in [0.1, 0.15) is 13.3 Å². The Hall–Kier alpha value is -0.375. The zero-order valence-electron chi connectivity index (χ0n) is 9.26. The summed E-state index contributed by atoms with van der Waals surface area (Å²) < 4.78 is 31.3. The van der Waals surface area contributed by atoms with E-state index < -0.39 is 7.82 Å². The van der Waals surface area contributed by atoms with E-state index in [1.165, 1.54) is 0 Å². The Labute approximate surface area is 96.8 Å². The van der Waals surface area contributed by atoms with Crippen LogP contribution in [0.25, 0.3) is 0 Å². The molecule has 0 amide bonds. The van der Waals surface area contributed by atoms with Crippen molar-refractivity contribution in [3.05, 3.63) is 0 Å². The third kappa shape index (κ3) is 7.86. The molecule has 0 aliphatic rings. The van der Waals surface area contributed by atoms with Gasteiger partial charge in [0.2, 0.25) is 0 Å². The van der Waals surface area contributed by atoms with Gasteiger partial charge in [0.1, 0.15) is 7.85 Å². The Kier molecular flexibility index (Phi) is 9.59. The lowest BCUT2D eigenvalue weighted by Crippen LogP contribution is -2.07. The molecular weight excluding hydrogens is 232 g/mol. The van der Waals surface area contributed by atoms with Gasteiger partial charge in [-0.25, -0.2) is 4.57 Å². The second-order valence-corrected chi connectivity index (χ2v) is 4.18. The average Bonchev–Trinajstić information content (AvgIpc) is 2.25. The van der Waals surface area contributed by atoms with Crippen LogP contribution in [0.4, 0.5) is 0 Å². The largest absolute Gasteiger partial charge is 0.474 e. The normalized spacial score (nSPS) is 14.2. The van der Waals surface area contributed by atoms with Crippen LogP contribution in [-0.4, -0.2) is 40.8 Å². The summed E-state index contributed by atoms with van der Waals surface area (Å²) in [4.78, 5) is 0. The summed E-state index contributed by atoms with van der Waals surface area (Å²) in [6.07, 6.45) is 0.125. The van der Waals surface area contributed by atoms with Gasteiger partial charge < -0.3 is 4.74 Å². The molecule has 6 nitrogen and oxygen atoms in total. The highest BCUT2D eigenvalue weighted by Crippen LogP contribution is 2.49. The maximum Gasteiger partial charge on any atom is 0.474 e. The van der Waals surface area contributed by atoms with Crippen molar-refractivity contribution in [1.29, 1.82) is 5.26 Å². The molecule has 0 spiro atoms. The fourth-order valence-electron chi connectivity index (χ4n) is 0.764. The monoisotopic (exact) mass is 247 g/mol. The highest BCUT2D eigenvalue weighted by molar-refractivity contribution is 7.48. The van der Waals surface area contributed by atoms with Crippen molar-refractivity contribution in [2.24, 2.45) is 0 Å². The molecule has 90 valence electrons. The third-order valence-corrected chi connectivity index (χ3v) is 2.92. The van der Waals surface area contributed by atoms with Gasteiger partial charge in [0.25, 0.3) is 0 Å². The predicted molar refractivity (Wildman–Crippen MR) is 57.9 cm³/mol. The minimum atomic E-state index is -3.56. The van der Waals surface area contributed by atoms with E-state index in [0.717, 1.165) is 0 Å². The summed E-state index contributed by atoms with van der Waals surface area (Å²) in [6, 6.07) is 1.86. The molecule has 2 radical (unpaired) electrons. The lowest BCUT2D eigenvalue weighted by Gasteiger charge is -2.16. The number of rotatable bonds is 10. The molecule has 0 aliphatic heterocycles. The first-order valence-electron chi connectivity index (χ1n) is 4.87. The van der Waals surface area contributed by atoms with Gasteiger partial charge in [-0.15, -0.1) is 0 Å². The minimum Gasteiger partial charge on any atom is -0.389 e. The van der Waals surface area contributed by atoms with Crippen molar-refractivity contribution in [3.63, 3.8) is 0 Å². The van der Waals surface area contributed by atoms with Gasteiger partial charge in [0.05, 0.1) is 38.9 Å². The molecule has 1 unspecified atom stereocenters. The molecule has 0 fully saturated rings. The fraction of sp³-hybridized carbons (Fsp3) is 0.875. The molecule has 1 atom stereocenters. The number of nitrogens with zero attached hydrogens (tertiary/aromatic N) is 1. The van der Waals surface area contributed by atoms with Crippen molar-refractivity contribution in [2.75, 3.05) is 32.9 Å². The standard InChI is InChI=1S/C8H15BNO5P/c1-2-13-16(11,14-5-3-4-10)15-7-6-12-8-9/h2-3,5-8H2,1H3. The molecule has 0 heterocycles. The van der Waals surface area contributed by atoms with Crippen molar-refractivity contribution in [2.45, 2.75) is 13.3 Å². The zero-order chi connectivity index (χ0) is 12.3. The summed E-state index contributed by atoms with van der Waals surface area (Å²) >= 11 is 0. The molecule has 8 heteroatoms. The van der Waals surface area contributed by atoms with E-state index in [1.807, 2.05) is 6.07 Å². The van der Waals surface area contributed by atoms with Crippen molar-refractivity contribution >= 4 is 15.7 Å². The summed E-state index contributed by atoms with van der Waals surface area (Å²) in [7, 11) is 1.53. The Morgan fingerprint density at radius 3 is 2.50 bits per heavy atom. The topological polar surface area (TPSA) is 77.8 Å². The van der Waals surface area contributed by atoms with Gasteiger partial charge in [0, 0.05) is 6.51 Å². The second-order valence-electron chi connectivity index (χ2n) is 2.51. The first kappa shape index (κ1) is 15.6. The van der Waals surface area contributed by atoms with Gasteiger partial charge in [-0.2, -0.15) is 5.26 Å². The Balaban J connectivity index is 3.92. The lowest BCUT2D eigenvalue weighted by atomic mass is 10.2. The summed E-state index contributed by atoms with van der Waals surface area (Å²) in [5.74, 6) is 0. The second kappa shape index (κ2) is 9.82. The van der Waals surface area contributed by atoms with Gasteiger partial charge in [-0.3, -0.25) is 13.6 Å². The molecule has 0 bridgehead atoms. The zero-order valence-corrected chi connectivity index (χ0v) is 10.2. The van der Waals surface area contributed by atoms with E-state index in [2.05, 4.69) is 0 Å². The molecule has 0 saturated heterocycles. The minimum absolute atomic E-state index is 0.00548. The molecule has 0 saturated carbocycles. The number of phosphoric acid groups is 1. The summed E-state index contributed by atoms with van der Waals surface area (Å²) in [6.45, 7) is 2.20. The summed E-state index contributed by atoms with van der Waals surface area (Å²) in [5, 5.41) is 8.30. The van der Waals surface area contributed by atoms with Crippen molar-refractivity contribution in [3.8, 4) is 6.07 Å². The number of ether oxygens (including phenoxy) is 1. The Morgan fingerprint density at radius 1 is 1.25 bits per heavy atom. The quantitative estimate of drug-likeness (QED) is 0.328. The lowest BCUT2D eigenvalue weighted by molar-refractivity contribution is 0.0815. The van der Waals surface area contributed by atoms with Crippen LogP contribution in [0.15, 0.2) is 0 Å². The maximum absolute atomic E-state index is 11.8. The number of hydrogen-bond donors (Lipinski definition) is 0. The van der Waals surface area contributed by atoms with Crippen LogP contribution >= 0.6 is 7.82 Å². The average molecular weight is 247 g/mol. The first-order chi connectivity index (χ1) is 7.68. The van der Waals surface area contributed by atoms with E-state index in [9.17, 15) is 4.57 Å². The van der Waals surface area contributed by atoms with Gasteiger partial charge in [0.15, 0.2) is 0 Å².